The van der Waals surface area contributed by atoms with Crippen LogP contribution in [0.2, 0.25) is 0 Å². The molecule has 0 aromatic rings. The summed E-state index contributed by atoms with van der Waals surface area (Å²) >= 11 is 0. The number of rotatable bonds is 3. The van der Waals surface area contributed by atoms with Crippen LogP contribution in [-0.4, -0.2) is 72.0 Å². The summed E-state index contributed by atoms with van der Waals surface area (Å²) in [6.07, 6.45) is 4.51. The van der Waals surface area contributed by atoms with E-state index in [9.17, 15) is 9.90 Å². The molecule has 6 aliphatic rings. The van der Waals surface area contributed by atoms with Crippen molar-refractivity contribution in [2.45, 2.75) is 102 Å². The first kappa shape index (κ1) is 24.3. The molecule has 5 fully saturated rings. The van der Waals surface area contributed by atoms with Crippen LogP contribution in [0.5, 0.6) is 0 Å². The van der Waals surface area contributed by atoms with Gasteiger partial charge in [0.15, 0.2) is 11.6 Å². The van der Waals surface area contributed by atoms with E-state index in [2.05, 4.69) is 32.9 Å². The Morgan fingerprint density at radius 3 is 2.40 bits per heavy atom. The van der Waals surface area contributed by atoms with Crippen molar-refractivity contribution in [2.24, 2.45) is 28.6 Å². The van der Waals surface area contributed by atoms with Crippen molar-refractivity contribution >= 4 is 5.97 Å². The van der Waals surface area contributed by atoms with Crippen molar-refractivity contribution in [3.63, 3.8) is 0 Å². The van der Waals surface area contributed by atoms with E-state index >= 15 is 0 Å². The van der Waals surface area contributed by atoms with Gasteiger partial charge in [0, 0.05) is 36.5 Å². The molecule has 0 amide bonds. The highest BCUT2D eigenvalue weighted by Crippen LogP contribution is 2.78. The molecule has 2 saturated carbocycles. The topological polar surface area (TPSA) is 96.0 Å². The van der Waals surface area contributed by atoms with Gasteiger partial charge in [0.1, 0.15) is 17.3 Å². The van der Waals surface area contributed by atoms with Crippen LogP contribution in [0.4, 0.5) is 0 Å². The second-order valence-corrected chi connectivity index (χ2v) is 13.1. The fraction of sp³-hybridized carbons (Fsp3) is 0.889. The number of aliphatic hydroxyl groups is 1. The zero-order valence-corrected chi connectivity index (χ0v) is 22.0. The average Bonchev–Trinajstić information content (AvgIpc) is 3.21. The number of ether oxygens (including phenoxy) is 6. The number of hydrogen-bond donors (Lipinski definition) is 1. The Morgan fingerprint density at radius 1 is 1.06 bits per heavy atom. The van der Waals surface area contributed by atoms with Crippen LogP contribution in [0.3, 0.4) is 0 Å². The van der Waals surface area contributed by atoms with Gasteiger partial charge in [-0.25, -0.2) is 0 Å². The van der Waals surface area contributed by atoms with E-state index in [1.165, 1.54) is 6.92 Å². The molecule has 0 bridgehead atoms. The van der Waals surface area contributed by atoms with Gasteiger partial charge in [0.25, 0.3) is 0 Å². The Hall–Kier alpha value is -1.03. The lowest BCUT2D eigenvalue weighted by Crippen LogP contribution is -2.62. The van der Waals surface area contributed by atoms with E-state index in [0.717, 1.165) is 0 Å². The maximum Gasteiger partial charge on any atom is 0.302 e. The lowest BCUT2D eigenvalue weighted by molar-refractivity contribution is -0.303. The van der Waals surface area contributed by atoms with Crippen LogP contribution in [-0.2, 0) is 33.2 Å². The molecule has 3 aliphatic heterocycles. The fourth-order valence-corrected chi connectivity index (χ4v) is 8.88. The van der Waals surface area contributed by atoms with Crippen molar-refractivity contribution in [2.75, 3.05) is 19.8 Å². The largest absolute Gasteiger partial charge is 0.461 e. The molecule has 3 aliphatic carbocycles. The molecule has 1 spiro atoms. The minimum Gasteiger partial charge on any atom is -0.461 e. The summed E-state index contributed by atoms with van der Waals surface area (Å²) < 4.78 is 37.0. The maximum atomic E-state index is 13.1. The number of carbonyl (C=O) groups is 1. The van der Waals surface area contributed by atoms with Crippen molar-refractivity contribution in [1.29, 1.82) is 0 Å². The van der Waals surface area contributed by atoms with Crippen molar-refractivity contribution < 1.29 is 38.3 Å². The van der Waals surface area contributed by atoms with Gasteiger partial charge >= 0.3 is 5.97 Å². The van der Waals surface area contributed by atoms with Gasteiger partial charge in [-0.3, -0.25) is 4.79 Å². The minimum absolute atomic E-state index is 0.101. The Balaban J connectivity index is 1.45. The first-order valence-corrected chi connectivity index (χ1v) is 13.1. The van der Waals surface area contributed by atoms with Crippen LogP contribution in [0.1, 0.15) is 61.3 Å². The quantitative estimate of drug-likeness (QED) is 0.365. The number of carbonyl (C=O) groups excluding carboxylic acids is 1. The van der Waals surface area contributed by atoms with E-state index in [-0.39, 0.29) is 41.3 Å². The summed E-state index contributed by atoms with van der Waals surface area (Å²) in [6.45, 7) is 15.2. The Labute approximate surface area is 207 Å². The zero-order chi connectivity index (χ0) is 25.2. The summed E-state index contributed by atoms with van der Waals surface area (Å²) in [6, 6.07) is 0. The third kappa shape index (κ3) is 3.04. The third-order valence-electron chi connectivity index (χ3n) is 10.0. The number of fused-ring (bicyclic) bond motifs is 6. The standard InChI is InChI=1S/C27H40O8/c1-15(28)33-21-17-12-22(2,3)27(19(35-27)13-25(7)30-10-11-31-25)26(17,29)20-16-14-32-23(4,5)34-18(16)8-9-24(20,21)6/h8-9,16-21,29H,10-14H2,1-7H3/t16-,17-,18+,19-,20+,21+,24-,26+,27+/m1/s1. The summed E-state index contributed by atoms with van der Waals surface area (Å²) in [5.41, 5.74) is -2.98. The fourth-order valence-electron chi connectivity index (χ4n) is 8.88. The molecule has 0 aromatic carbocycles. The van der Waals surface area contributed by atoms with E-state index in [4.69, 9.17) is 28.4 Å². The third-order valence-corrected chi connectivity index (χ3v) is 10.0. The molecule has 0 unspecified atom stereocenters. The minimum atomic E-state index is -1.24. The van der Waals surface area contributed by atoms with Gasteiger partial charge in [-0.1, -0.05) is 32.9 Å². The van der Waals surface area contributed by atoms with Gasteiger partial charge in [-0.15, -0.1) is 0 Å². The first-order valence-electron chi connectivity index (χ1n) is 13.1. The molecule has 1 N–H and O–H groups in total. The lowest BCUT2D eigenvalue weighted by atomic mass is 9.57. The normalized spacial score (nSPS) is 52.1. The van der Waals surface area contributed by atoms with E-state index in [1.807, 2.05) is 20.8 Å². The average molecular weight is 493 g/mol. The number of epoxide rings is 1. The maximum absolute atomic E-state index is 13.1. The van der Waals surface area contributed by atoms with Crippen molar-refractivity contribution in [1.82, 2.24) is 0 Å². The second kappa shape index (κ2) is 7.08. The first-order chi connectivity index (χ1) is 16.2. The SMILES string of the molecule is CC(=O)O[C@H]1[C@H]2CC(C)(C)[C@]3(O[C@@H]3CC3(C)OCCO3)[C@@]2(O)[C@H]2[C@@H]3COC(C)(C)O[C@H]3C=C[C@@]12C. The van der Waals surface area contributed by atoms with Crippen LogP contribution >= 0.6 is 0 Å². The van der Waals surface area contributed by atoms with E-state index < -0.39 is 34.3 Å². The Kier molecular flexibility index (Phi) is 4.92. The molecule has 8 heteroatoms. The highest BCUT2D eigenvalue weighted by Gasteiger charge is 2.89. The molecule has 35 heavy (non-hydrogen) atoms. The second-order valence-electron chi connectivity index (χ2n) is 13.1. The summed E-state index contributed by atoms with van der Waals surface area (Å²) in [4.78, 5) is 12.3. The van der Waals surface area contributed by atoms with Crippen LogP contribution in [0, 0.1) is 28.6 Å². The summed E-state index contributed by atoms with van der Waals surface area (Å²) in [7, 11) is 0. The van der Waals surface area contributed by atoms with Crippen molar-refractivity contribution in [3.8, 4) is 0 Å². The van der Waals surface area contributed by atoms with Gasteiger partial charge in [-0.2, -0.15) is 0 Å². The summed E-state index contributed by atoms with van der Waals surface area (Å²) in [5.74, 6) is -2.42. The molecule has 3 heterocycles. The van der Waals surface area contributed by atoms with E-state index in [1.54, 1.807) is 0 Å². The molecule has 3 saturated heterocycles. The van der Waals surface area contributed by atoms with E-state index in [0.29, 0.717) is 32.7 Å². The van der Waals surface area contributed by atoms with Gasteiger partial charge in [0.2, 0.25) is 0 Å². The predicted molar refractivity (Wildman–Crippen MR) is 124 cm³/mol. The Morgan fingerprint density at radius 2 is 1.74 bits per heavy atom. The monoisotopic (exact) mass is 492 g/mol. The highest BCUT2D eigenvalue weighted by molar-refractivity contribution is 5.66. The number of esters is 1. The molecule has 6 rings (SSSR count). The molecular weight excluding hydrogens is 452 g/mol. The number of hydrogen-bond acceptors (Lipinski definition) is 8. The zero-order valence-electron chi connectivity index (χ0n) is 22.0. The predicted octanol–water partition coefficient (Wildman–Crippen LogP) is 2.96. The van der Waals surface area contributed by atoms with Gasteiger partial charge in [0.05, 0.1) is 32.0 Å². The molecular formula is C27H40O8. The molecule has 0 aromatic heterocycles. The van der Waals surface area contributed by atoms with Crippen molar-refractivity contribution in [3.05, 3.63) is 12.2 Å². The molecule has 196 valence electrons. The smallest absolute Gasteiger partial charge is 0.302 e. The summed E-state index contributed by atoms with van der Waals surface area (Å²) in [5, 5.41) is 13.1. The molecule has 9 atom stereocenters. The molecule has 0 radical (unpaired) electrons. The lowest BCUT2D eigenvalue weighted by Gasteiger charge is -2.53. The molecule has 8 nitrogen and oxygen atoms in total. The van der Waals surface area contributed by atoms with Gasteiger partial charge in [-0.05, 0) is 32.6 Å². The van der Waals surface area contributed by atoms with Crippen LogP contribution < -0.4 is 0 Å². The highest BCUT2D eigenvalue weighted by atomic mass is 16.7. The Bertz CT molecular complexity index is 953. The van der Waals surface area contributed by atoms with Crippen LogP contribution in [0.15, 0.2) is 12.2 Å². The van der Waals surface area contributed by atoms with Crippen LogP contribution in [0.25, 0.3) is 0 Å². The van der Waals surface area contributed by atoms with Gasteiger partial charge < -0.3 is 33.5 Å².